The van der Waals surface area contributed by atoms with Crippen molar-refractivity contribution < 1.29 is 9.52 Å². The van der Waals surface area contributed by atoms with Gasteiger partial charge in [-0.15, -0.1) is 0 Å². The molecule has 0 radical (unpaired) electrons. The number of hydrogen-bond donors (Lipinski definition) is 1. The molecule has 0 saturated heterocycles. The van der Waals surface area contributed by atoms with E-state index in [9.17, 15) is 9.90 Å². The average molecular weight is 190 g/mol. The van der Waals surface area contributed by atoms with Crippen molar-refractivity contribution in [3.63, 3.8) is 0 Å². The predicted molar refractivity (Wildman–Crippen MR) is 53.5 cm³/mol. The van der Waals surface area contributed by atoms with Gasteiger partial charge < -0.3 is 9.52 Å². The van der Waals surface area contributed by atoms with Crippen molar-refractivity contribution in [1.82, 2.24) is 0 Å². The van der Waals surface area contributed by atoms with E-state index in [0.717, 1.165) is 0 Å². The topological polar surface area (TPSA) is 50.4 Å². The number of aryl methyl sites for hydroxylation is 1. The van der Waals surface area contributed by atoms with Crippen LogP contribution in [0.25, 0.3) is 11.0 Å². The van der Waals surface area contributed by atoms with Crippen molar-refractivity contribution >= 4 is 11.0 Å². The molecule has 14 heavy (non-hydrogen) atoms. The lowest BCUT2D eigenvalue weighted by Gasteiger charge is -1.99. The smallest absolute Gasteiger partial charge is 0.195 e. The van der Waals surface area contributed by atoms with Gasteiger partial charge in [-0.1, -0.05) is 6.92 Å². The average Bonchev–Trinajstić information content (AvgIpc) is 2.18. The maximum absolute atomic E-state index is 11.7. The van der Waals surface area contributed by atoms with Gasteiger partial charge >= 0.3 is 0 Å². The standard InChI is InChI=1S/C11H10O3/c1-2-7-6-14-10-5-8(12)3-4-9(10)11(7)13/h3-6,12H,2H2,1H3. The first-order chi connectivity index (χ1) is 6.72. The van der Waals surface area contributed by atoms with Crippen LogP contribution >= 0.6 is 0 Å². The fourth-order valence-corrected chi connectivity index (χ4v) is 1.40. The Morgan fingerprint density at radius 2 is 2.21 bits per heavy atom. The first-order valence-electron chi connectivity index (χ1n) is 4.45. The molecule has 0 aliphatic carbocycles. The molecule has 3 heteroatoms. The van der Waals surface area contributed by atoms with Crippen LogP contribution in [0.2, 0.25) is 0 Å². The minimum atomic E-state index is -0.0197. The lowest BCUT2D eigenvalue weighted by Crippen LogP contribution is -2.06. The highest BCUT2D eigenvalue weighted by atomic mass is 16.3. The van der Waals surface area contributed by atoms with Gasteiger partial charge in [-0.05, 0) is 18.6 Å². The first-order valence-corrected chi connectivity index (χ1v) is 4.45. The van der Waals surface area contributed by atoms with E-state index in [4.69, 9.17) is 4.42 Å². The van der Waals surface area contributed by atoms with Crippen LogP contribution in [0, 0.1) is 0 Å². The number of phenols is 1. The molecule has 0 aliphatic rings. The zero-order valence-corrected chi connectivity index (χ0v) is 7.78. The van der Waals surface area contributed by atoms with Crippen molar-refractivity contribution in [2.24, 2.45) is 0 Å². The lowest BCUT2D eigenvalue weighted by molar-refractivity contribution is 0.474. The van der Waals surface area contributed by atoms with E-state index in [1.165, 1.54) is 18.4 Å². The number of hydrogen-bond acceptors (Lipinski definition) is 3. The maximum atomic E-state index is 11.7. The molecule has 1 N–H and O–H groups in total. The molecule has 0 atom stereocenters. The molecule has 0 bridgehead atoms. The van der Waals surface area contributed by atoms with Crippen LogP contribution in [0.15, 0.2) is 33.7 Å². The van der Waals surface area contributed by atoms with Crippen LogP contribution in [0.5, 0.6) is 5.75 Å². The molecule has 0 aliphatic heterocycles. The van der Waals surface area contributed by atoms with Gasteiger partial charge in [-0.3, -0.25) is 4.79 Å². The summed E-state index contributed by atoms with van der Waals surface area (Å²) in [4.78, 5) is 11.7. The molecule has 0 unspecified atom stereocenters. The third-order valence-corrected chi connectivity index (χ3v) is 2.21. The quantitative estimate of drug-likeness (QED) is 0.748. The molecule has 1 aromatic carbocycles. The van der Waals surface area contributed by atoms with E-state index in [1.54, 1.807) is 6.07 Å². The molecule has 2 rings (SSSR count). The predicted octanol–water partition coefficient (Wildman–Crippen LogP) is 2.06. The molecule has 72 valence electrons. The van der Waals surface area contributed by atoms with E-state index in [0.29, 0.717) is 23.0 Å². The zero-order chi connectivity index (χ0) is 10.1. The van der Waals surface area contributed by atoms with Crippen LogP contribution < -0.4 is 5.43 Å². The van der Waals surface area contributed by atoms with Gasteiger partial charge in [-0.25, -0.2) is 0 Å². The van der Waals surface area contributed by atoms with Crippen LogP contribution in [-0.2, 0) is 6.42 Å². The SMILES string of the molecule is CCc1coc2cc(O)ccc2c1=O. The van der Waals surface area contributed by atoms with Crippen LogP contribution in [-0.4, -0.2) is 5.11 Å². The van der Waals surface area contributed by atoms with E-state index in [2.05, 4.69) is 0 Å². The number of phenolic OH excluding ortho intramolecular Hbond substituents is 1. The highest BCUT2D eigenvalue weighted by Crippen LogP contribution is 2.17. The van der Waals surface area contributed by atoms with Gasteiger partial charge in [0.25, 0.3) is 0 Å². The van der Waals surface area contributed by atoms with Crippen molar-refractivity contribution in [2.75, 3.05) is 0 Å². The van der Waals surface area contributed by atoms with Gasteiger partial charge in [0.1, 0.15) is 11.3 Å². The second-order valence-corrected chi connectivity index (χ2v) is 3.12. The summed E-state index contributed by atoms with van der Waals surface area (Å²) in [5.74, 6) is 0.102. The molecule has 2 aromatic rings. The van der Waals surface area contributed by atoms with E-state index < -0.39 is 0 Å². The van der Waals surface area contributed by atoms with Crippen LogP contribution in [0.3, 0.4) is 0 Å². The van der Waals surface area contributed by atoms with E-state index >= 15 is 0 Å². The van der Waals surface area contributed by atoms with Gasteiger partial charge in [0.2, 0.25) is 0 Å². The van der Waals surface area contributed by atoms with Crippen molar-refractivity contribution in [2.45, 2.75) is 13.3 Å². The van der Waals surface area contributed by atoms with Crippen LogP contribution in [0.4, 0.5) is 0 Å². The Morgan fingerprint density at radius 1 is 1.43 bits per heavy atom. The molecular formula is C11H10O3. The Bertz CT molecular complexity index is 526. The Morgan fingerprint density at radius 3 is 2.93 bits per heavy atom. The highest BCUT2D eigenvalue weighted by molar-refractivity contribution is 5.78. The molecule has 0 saturated carbocycles. The first kappa shape index (κ1) is 8.81. The maximum Gasteiger partial charge on any atom is 0.195 e. The number of aromatic hydroxyl groups is 1. The third-order valence-electron chi connectivity index (χ3n) is 2.21. The molecule has 0 fully saturated rings. The van der Waals surface area contributed by atoms with Gasteiger partial charge in [0, 0.05) is 11.6 Å². The summed E-state index contributed by atoms with van der Waals surface area (Å²) >= 11 is 0. The number of rotatable bonds is 1. The summed E-state index contributed by atoms with van der Waals surface area (Å²) in [6.07, 6.45) is 2.10. The summed E-state index contributed by atoms with van der Waals surface area (Å²) in [5.41, 5.74) is 1.06. The highest BCUT2D eigenvalue weighted by Gasteiger charge is 2.05. The fourth-order valence-electron chi connectivity index (χ4n) is 1.40. The Kier molecular flexibility index (Phi) is 2.00. The number of fused-ring (bicyclic) bond motifs is 1. The Labute approximate surface area is 80.6 Å². The molecule has 0 amide bonds. The van der Waals surface area contributed by atoms with E-state index in [-0.39, 0.29) is 11.2 Å². The Balaban J connectivity index is 2.84. The zero-order valence-electron chi connectivity index (χ0n) is 7.78. The van der Waals surface area contributed by atoms with Gasteiger partial charge in [-0.2, -0.15) is 0 Å². The number of benzene rings is 1. The molecular weight excluding hydrogens is 180 g/mol. The molecule has 0 spiro atoms. The minimum absolute atomic E-state index is 0.0197. The van der Waals surface area contributed by atoms with Crippen molar-refractivity contribution in [3.8, 4) is 5.75 Å². The molecule has 3 nitrogen and oxygen atoms in total. The third kappa shape index (κ3) is 1.27. The molecule has 1 aromatic heterocycles. The van der Waals surface area contributed by atoms with Crippen molar-refractivity contribution in [1.29, 1.82) is 0 Å². The second kappa shape index (κ2) is 3.18. The Hall–Kier alpha value is -1.77. The van der Waals surface area contributed by atoms with Gasteiger partial charge in [0.05, 0.1) is 11.6 Å². The second-order valence-electron chi connectivity index (χ2n) is 3.12. The monoisotopic (exact) mass is 190 g/mol. The summed E-state index contributed by atoms with van der Waals surface area (Å²) in [7, 11) is 0. The van der Waals surface area contributed by atoms with Crippen molar-refractivity contribution in [3.05, 3.63) is 40.2 Å². The summed E-state index contributed by atoms with van der Waals surface area (Å²) < 4.78 is 5.24. The largest absolute Gasteiger partial charge is 0.508 e. The lowest BCUT2D eigenvalue weighted by atomic mass is 10.1. The summed E-state index contributed by atoms with van der Waals surface area (Å²) in [6, 6.07) is 4.50. The van der Waals surface area contributed by atoms with Crippen LogP contribution in [0.1, 0.15) is 12.5 Å². The molecule has 1 heterocycles. The van der Waals surface area contributed by atoms with E-state index in [1.807, 2.05) is 6.92 Å². The summed E-state index contributed by atoms with van der Waals surface area (Å²) in [5, 5.41) is 9.70. The summed E-state index contributed by atoms with van der Waals surface area (Å²) in [6.45, 7) is 1.90. The minimum Gasteiger partial charge on any atom is -0.508 e. The normalized spacial score (nSPS) is 10.6. The van der Waals surface area contributed by atoms with Gasteiger partial charge in [0.15, 0.2) is 5.43 Å². The fraction of sp³-hybridized carbons (Fsp3) is 0.182.